The lowest BCUT2D eigenvalue weighted by Crippen LogP contribution is -2.44. The average molecular weight is 303 g/mol. The summed E-state index contributed by atoms with van der Waals surface area (Å²) in [6.45, 7) is 1.47. The summed E-state index contributed by atoms with van der Waals surface area (Å²) in [5.74, 6) is 0. The highest BCUT2D eigenvalue weighted by Crippen LogP contribution is 2.22. The maximum absolute atomic E-state index is 12.3. The Hall–Kier alpha value is -0.930. The lowest BCUT2D eigenvalue weighted by molar-refractivity contribution is -0.0120. The van der Waals surface area contributed by atoms with Crippen molar-refractivity contribution in [3.8, 4) is 0 Å². The van der Waals surface area contributed by atoms with Crippen LogP contribution in [0.3, 0.4) is 0 Å². The Bertz CT molecular complexity index is 561. The zero-order chi connectivity index (χ0) is 14.8. The third-order valence-corrected chi connectivity index (χ3v) is 5.05. The summed E-state index contributed by atoms with van der Waals surface area (Å²) in [6, 6.07) is 1.58. The van der Waals surface area contributed by atoms with E-state index in [-0.39, 0.29) is 11.4 Å². The van der Waals surface area contributed by atoms with Gasteiger partial charge in [-0.1, -0.05) is 0 Å². The second kappa shape index (κ2) is 5.82. The molecule has 1 aromatic heterocycles. The molecule has 0 aliphatic carbocycles. The third kappa shape index (κ3) is 3.04. The number of nitrogens with one attached hydrogen (secondary N) is 1. The minimum Gasteiger partial charge on any atom is -0.378 e. The number of rotatable bonds is 6. The first-order chi connectivity index (χ1) is 9.42. The van der Waals surface area contributed by atoms with E-state index in [2.05, 4.69) is 4.72 Å². The maximum Gasteiger partial charge on any atom is 0.242 e. The molecule has 3 N–H and O–H groups in total. The summed E-state index contributed by atoms with van der Waals surface area (Å²) in [5.41, 5.74) is 5.74. The number of nitrogens with zero attached hydrogens (tertiary/aromatic N) is 1. The molecule has 7 nitrogen and oxygen atoms in total. The molecule has 1 aliphatic heterocycles. The van der Waals surface area contributed by atoms with E-state index >= 15 is 0 Å². The van der Waals surface area contributed by atoms with Crippen molar-refractivity contribution < 1.29 is 17.9 Å². The smallest absolute Gasteiger partial charge is 0.242 e. The first kappa shape index (κ1) is 15.5. The standard InChI is InChI=1S/C12H21N3O4S/c1-15-7-11(5-10(15)6-13)20(16,17)14-8-12(18-2)3-4-19-9-12/h5,7,14H,3-4,6,8-9,13H2,1-2H3. The normalized spacial score (nSPS) is 23.4. The minimum absolute atomic E-state index is 0.193. The van der Waals surface area contributed by atoms with Gasteiger partial charge in [0.05, 0.1) is 11.5 Å². The van der Waals surface area contributed by atoms with Gasteiger partial charge in [-0.15, -0.1) is 0 Å². The van der Waals surface area contributed by atoms with Gasteiger partial charge in [0.15, 0.2) is 0 Å². The Morgan fingerprint density at radius 1 is 1.60 bits per heavy atom. The second-order valence-electron chi connectivity index (χ2n) is 5.00. The lowest BCUT2D eigenvalue weighted by Gasteiger charge is -2.25. The van der Waals surface area contributed by atoms with Gasteiger partial charge in [0.2, 0.25) is 10.0 Å². The van der Waals surface area contributed by atoms with Crippen LogP contribution in [0.5, 0.6) is 0 Å². The molecule has 0 radical (unpaired) electrons. The van der Waals surface area contributed by atoms with Crippen LogP contribution in [0.15, 0.2) is 17.2 Å². The largest absolute Gasteiger partial charge is 0.378 e. The van der Waals surface area contributed by atoms with Crippen LogP contribution in [-0.2, 0) is 33.1 Å². The molecule has 1 aromatic rings. The van der Waals surface area contributed by atoms with Gasteiger partial charge in [0.25, 0.3) is 0 Å². The molecule has 0 saturated carbocycles. The predicted molar refractivity (Wildman–Crippen MR) is 73.7 cm³/mol. The zero-order valence-electron chi connectivity index (χ0n) is 11.8. The quantitative estimate of drug-likeness (QED) is 0.743. The summed E-state index contributed by atoms with van der Waals surface area (Å²) in [4.78, 5) is 0.214. The first-order valence-corrected chi connectivity index (χ1v) is 7.89. The molecule has 1 saturated heterocycles. The Morgan fingerprint density at radius 3 is 2.85 bits per heavy atom. The highest BCUT2D eigenvalue weighted by molar-refractivity contribution is 7.89. The predicted octanol–water partition coefficient (Wildman–Crippen LogP) is -0.432. The fraction of sp³-hybridized carbons (Fsp3) is 0.667. The van der Waals surface area contributed by atoms with Gasteiger partial charge in [-0.2, -0.15) is 0 Å². The van der Waals surface area contributed by atoms with Crippen LogP contribution in [0, 0.1) is 0 Å². The van der Waals surface area contributed by atoms with Crippen LogP contribution in [0.1, 0.15) is 12.1 Å². The molecule has 2 rings (SSSR count). The maximum atomic E-state index is 12.3. The molecule has 114 valence electrons. The van der Waals surface area contributed by atoms with E-state index in [0.717, 1.165) is 5.69 Å². The molecule has 0 bridgehead atoms. The van der Waals surface area contributed by atoms with Gasteiger partial charge in [0, 0.05) is 52.2 Å². The molecular formula is C12H21N3O4S. The molecule has 1 fully saturated rings. The van der Waals surface area contributed by atoms with E-state index in [1.807, 2.05) is 0 Å². The van der Waals surface area contributed by atoms with Gasteiger partial charge in [-0.25, -0.2) is 13.1 Å². The van der Waals surface area contributed by atoms with Gasteiger partial charge in [0.1, 0.15) is 5.60 Å². The highest BCUT2D eigenvalue weighted by Gasteiger charge is 2.36. The van der Waals surface area contributed by atoms with Gasteiger partial charge in [-0.05, 0) is 6.07 Å². The van der Waals surface area contributed by atoms with Crippen LogP contribution in [0.4, 0.5) is 0 Å². The van der Waals surface area contributed by atoms with Crippen molar-refractivity contribution in [2.24, 2.45) is 12.8 Å². The van der Waals surface area contributed by atoms with Crippen molar-refractivity contribution in [2.75, 3.05) is 26.9 Å². The Labute approximate surface area is 119 Å². The van der Waals surface area contributed by atoms with Crippen LogP contribution in [0.2, 0.25) is 0 Å². The molecule has 20 heavy (non-hydrogen) atoms. The summed E-state index contributed by atoms with van der Waals surface area (Å²) in [7, 11) is -0.236. The van der Waals surface area contributed by atoms with Crippen molar-refractivity contribution in [1.82, 2.24) is 9.29 Å². The molecular weight excluding hydrogens is 282 g/mol. The Morgan fingerprint density at radius 2 is 2.35 bits per heavy atom. The molecule has 2 heterocycles. The van der Waals surface area contributed by atoms with Gasteiger partial charge >= 0.3 is 0 Å². The van der Waals surface area contributed by atoms with E-state index in [1.54, 1.807) is 31.0 Å². The van der Waals surface area contributed by atoms with Gasteiger partial charge < -0.3 is 19.8 Å². The van der Waals surface area contributed by atoms with Crippen molar-refractivity contribution in [2.45, 2.75) is 23.5 Å². The molecule has 0 spiro atoms. The molecule has 1 aliphatic rings. The van der Waals surface area contributed by atoms with Crippen molar-refractivity contribution in [1.29, 1.82) is 0 Å². The zero-order valence-corrected chi connectivity index (χ0v) is 12.6. The number of aryl methyl sites for hydroxylation is 1. The van der Waals surface area contributed by atoms with Crippen LogP contribution < -0.4 is 10.5 Å². The number of methoxy groups -OCH3 is 1. The second-order valence-corrected chi connectivity index (χ2v) is 6.76. The van der Waals surface area contributed by atoms with E-state index < -0.39 is 15.6 Å². The average Bonchev–Trinajstić information content (AvgIpc) is 3.04. The topological polar surface area (TPSA) is 95.6 Å². The third-order valence-electron chi connectivity index (χ3n) is 3.69. The first-order valence-electron chi connectivity index (χ1n) is 6.40. The Balaban J connectivity index is 2.10. The fourth-order valence-electron chi connectivity index (χ4n) is 2.20. The van der Waals surface area contributed by atoms with E-state index in [9.17, 15) is 8.42 Å². The monoisotopic (exact) mass is 303 g/mol. The van der Waals surface area contributed by atoms with Crippen LogP contribution in [-0.4, -0.2) is 45.5 Å². The molecule has 1 unspecified atom stereocenters. The number of hydrogen-bond acceptors (Lipinski definition) is 5. The summed E-state index contributed by atoms with van der Waals surface area (Å²) < 4.78 is 39.5. The highest BCUT2D eigenvalue weighted by atomic mass is 32.2. The van der Waals surface area contributed by atoms with Crippen molar-refractivity contribution in [3.05, 3.63) is 18.0 Å². The SMILES string of the molecule is COC1(CNS(=O)(=O)c2cc(CN)n(C)c2)CCOC1. The van der Waals surface area contributed by atoms with Crippen LogP contribution in [0.25, 0.3) is 0 Å². The number of hydrogen-bond donors (Lipinski definition) is 2. The molecule has 8 heteroatoms. The number of nitrogens with two attached hydrogens (primary N) is 1. The van der Waals surface area contributed by atoms with E-state index in [0.29, 0.717) is 26.2 Å². The number of aromatic nitrogens is 1. The molecule has 0 amide bonds. The van der Waals surface area contributed by atoms with Crippen molar-refractivity contribution in [3.63, 3.8) is 0 Å². The van der Waals surface area contributed by atoms with Crippen molar-refractivity contribution >= 4 is 10.0 Å². The number of sulfonamides is 1. The summed E-state index contributed by atoms with van der Waals surface area (Å²) in [5, 5.41) is 0. The number of ether oxygens (including phenoxy) is 2. The fourth-order valence-corrected chi connectivity index (χ4v) is 3.41. The Kier molecular flexibility index (Phi) is 4.50. The lowest BCUT2D eigenvalue weighted by atomic mass is 10.0. The molecule has 0 aromatic carbocycles. The van der Waals surface area contributed by atoms with E-state index in [1.165, 1.54) is 0 Å². The van der Waals surface area contributed by atoms with Crippen LogP contribution >= 0.6 is 0 Å². The molecule has 1 atom stereocenters. The van der Waals surface area contributed by atoms with Gasteiger partial charge in [-0.3, -0.25) is 0 Å². The minimum atomic E-state index is -3.57. The summed E-state index contributed by atoms with van der Waals surface area (Å²) >= 11 is 0. The van der Waals surface area contributed by atoms with E-state index in [4.69, 9.17) is 15.2 Å². The summed E-state index contributed by atoms with van der Waals surface area (Å²) in [6.07, 6.45) is 2.23.